The summed E-state index contributed by atoms with van der Waals surface area (Å²) < 4.78 is 23.0. The number of H-pyrrole nitrogens is 2. The standard InChI is InChI=1S/C26H28N4O3.C24H25N5O3/c1-14-6-4-7-21(27-14)26(31,22-8-5-11-32-22)19-12-18(23-15(2)30-33-16(23)3)13-20-24(19)29-25(28-20)17-9-10-17;1-13-21(14(2)32-29-13)16-11-17(22-18(12-16)26-23(27-22)15-7-8-15)24(30,20-6-4-10-31-20)19-5-3-9-25-28-19/h4,6-7,12-13,17,22,31H,5,8-11H2,1-3H3,(H,28,29);3,5,9,11-12,15,20,30H,4,6-8,10H2,1-2H3,(H,26,27). The molecule has 12 rings (SSSR count). The number of aryl methyl sites for hydroxylation is 5. The highest BCUT2D eigenvalue weighted by Gasteiger charge is 2.48. The zero-order valence-electron chi connectivity index (χ0n) is 37.3. The second kappa shape index (κ2) is 16.1. The van der Waals surface area contributed by atoms with Gasteiger partial charge < -0.3 is 38.7 Å². The molecule has 15 nitrogen and oxygen atoms in total. The third-order valence-corrected chi connectivity index (χ3v) is 13.6. The molecule has 4 aliphatic rings. The SMILES string of the molecule is Cc1cccc(C(O)(c2cc(-c3c(C)noc3C)cc3[nH]c(C4CC4)nc23)C2CCCO2)n1.Cc1noc(C)c1-c1cc(C(O)(c2cccnn2)C2CCCO2)c2nc(C3CC3)[nH]c2c1. The molecule has 334 valence electrons. The van der Waals surface area contributed by atoms with Gasteiger partial charge in [0.2, 0.25) is 0 Å². The van der Waals surface area contributed by atoms with E-state index in [0.29, 0.717) is 47.6 Å². The van der Waals surface area contributed by atoms with Gasteiger partial charge in [0.25, 0.3) is 0 Å². The molecule has 4 N–H and O–H groups in total. The van der Waals surface area contributed by atoms with Crippen LogP contribution in [0.4, 0.5) is 0 Å². The number of nitrogens with one attached hydrogen (secondary N) is 2. The van der Waals surface area contributed by atoms with Crippen molar-refractivity contribution in [2.24, 2.45) is 0 Å². The lowest BCUT2D eigenvalue weighted by atomic mass is 9.81. The smallest absolute Gasteiger partial charge is 0.161 e. The maximum absolute atomic E-state index is 12.5. The fourth-order valence-electron chi connectivity index (χ4n) is 10.1. The fourth-order valence-corrected chi connectivity index (χ4v) is 10.1. The van der Waals surface area contributed by atoms with Crippen molar-refractivity contribution in [3.05, 3.63) is 124 Å². The van der Waals surface area contributed by atoms with Crippen LogP contribution in [0.15, 0.2) is 69.8 Å². The number of nitrogens with zero attached hydrogens (tertiary/aromatic N) is 7. The normalized spacial score (nSPS) is 20.5. The van der Waals surface area contributed by atoms with Crippen molar-refractivity contribution < 1.29 is 28.7 Å². The lowest BCUT2D eigenvalue weighted by Crippen LogP contribution is -2.41. The largest absolute Gasteiger partial charge is 0.376 e. The zero-order chi connectivity index (χ0) is 44.6. The fraction of sp³-hybridized carbons (Fsp3) is 0.420. The van der Waals surface area contributed by atoms with Crippen LogP contribution >= 0.6 is 0 Å². The number of hydrogen-bond acceptors (Lipinski definition) is 13. The van der Waals surface area contributed by atoms with Crippen molar-refractivity contribution in [2.75, 3.05) is 13.2 Å². The summed E-state index contributed by atoms with van der Waals surface area (Å²) in [4.78, 5) is 21.7. The minimum absolute atomic E-state index is 0.406. The van der Waals surface area contributed by atoms with E-state index in [4.69, 9.17) is 33.5 Å². The summed E-state index contributed by atoms with van der Waals surface area (Å²) in [5.41, 5.74) is 8.95. The number of imidazole rings is 2. The minimum Gasteiger partial charge on any atom is -0.376 e. The molecule has 8 aromatic rings. The van der Waals surface area contributed by atoms with Crippen molar-refractivity contribution in [2.45, 2.75) is 121 Å². The molecule has 2 aliphatic carbocycles. The van der Waals surface area contributed by atoms with E-state index in [1.54, 1.807) is 18.3 Å². The molecule has 0 spiro atoms. The molecule has 2 saturated carbocycles. The number of aromatic amines is 2. The van der Waals surface area contributed by atoms with Crippen molar-refractivity contribution in [1.82, 2.24) is 45.4 Å². The van der Waals surface area contributed by atoms with Crippen LogP contribution in [-0.4, -0.2) is 81.1 Å². The Balaban J connectivity index is 0.000000144. The molecule has 15 heteroatoms. The van der Waals surface area contributed by atoms with Crippen molar-refractivity contribution in [3.8, 4) is 22.3 Å². The van der Waals surface area contributed by atoms with Gasteiger partial charge in [-0.1, -0.05) is 16.4 Å². The number of aromatic nitrogens is 9. The van der Waals surface area contributed by atoms with Gasteiger partial charge in [-0.3, -0.25) is 4.98 Å². The molecule has 4 fully saturated rings. The van der Waals surface area contributed by atoms with E-state index in [1.807, 2.05) is 65.0 Å². The Labute approximate surface area is 375 Å². The Morgan fingerprint density at radius 1 is 0.600 bits per heavy atom. The van der Waals surface area contributed by atoms with Gasteiger partial charge in [-0.2, -0.15) is 10.2 Å². The van der Waals surface area contributed by atoms with Gasteiger partial charge in [-0.05, 0) is 146 Å². The number of pyridine rings is 1. The van der Waals surface area contributed by atoms with Gasteiger partial charge in [0.05, 0.1) is 51.4 Å². The number of aliphatic hydroxyl groups is 2. The molecular weight excluding hydrogens is 823 g/mol. The summed E-state index contributed by atoms with van der Waals surface area (Å²) in [5.74, 6) is 4.33. The molecule has 2 saturated heterocycles. The molecule has 6 aromatic heterocycles. The molecule has 0 bridgehead atoms. The predicted octanol–water partition coefficient (Wildman–Crippen LogP) is 8.75. The first kappa shape index (κ1) is 41.6. The van der Waals surface area contributed by atoms with Crippen LogP contribution < -0.4 is 0 Å². The quantitative estimate of drug-likeness (QED) is 0.102. The summed E-state index contributed by atoms with van der Waals surface area (Å²) in [6.45, 7) is 10.8. The van der Waals surface area contributed by atoms with E-state index >= 15 is 0 Å². The average Bonchev–Trinajstić information content (AvgIpc) is 3.83. The van der Waals surface area contributed by atoms with Crippen molar-refractivity contribution in [1.29, 1.82) is 0 Å². The first-order valence-electron chi connectivity index (χ1n) is 22.9. The monoisotopic (exact) mass is 875 g/mol. The second-order valence-electron chi connectivity index (χ2n) is 18.3. The lowest BCUT2D eigenvalue weighted by molar-refractivity contribution is -0.0641. The van der Waals surface area contributed by atoms with E-state index in [0.717, 1.165) is 136 Å². The van der Waals surface area contributed by atoms with E-state index in [9.17, 15) is 10.2 Å². The molecule has 4 atom stereocenters. The Morgan fingerprint density at radius 3 is 1.52 bits per heavy atom. The maximum atomic E-state index is 12.5. The van der Waals surface area contributed by atoms with Gasteiger partial charge in [-0.25, -0.2) is 9.97 Å². The number of benzene rings is 2. The van der Waals surface area contributed by atoms with E-state index in [2.05, 4.69) is 42.6 Å². The second-order valence-corrected chi connectivity index (χ2v) is 18.3. The summed E-state index contributed by atoms with van der Waals surface area (Å²) >= 11 is 0. The van der Waals surface area contributed by atoms with Gasteiger partial charge in [0.15, 0.2) is 11.2 Å². The Hall–Kier alpha value is -6.13. The number of fused-ring (bicyclic) bond motifs is 2. The van der Waals surface area contributed by atoms with Crippen LogP contribution in [0.5, 0.6) is 0 Å². The van der Waals surface area contributed by atoms with E-state index in [1.165, 1.54) is 0 Å². The Morgan fingerprint density at radius 2 is 1.11 bits per heavy atom. The molecule has 8 heterocycles. The van der Waals surface area contributed by atoms with Crippen molar-refractivity contribution in [3.63, 3.8) is 0 Å². The Kier molecular flexibility index (Phi) is 10.3. The lowest BCUT2D eigenvalue weighted by Gasteiger charge is -2.34. The summed E-state index contributed by atoms with van der Waals surface area (Å²) in [5, 5.41) is 41.5. The van der Waals surface area contributed by atoms with Gasteiger partial charge in [-0.15, -0.1) is 0 Å². The summed E-state index contributed by atoms with van der Waals surface area (Å²) in [7, 11) is 0. The molecule has 4 unspecified atom stereocenters. The highest BCUT2D eigenvalue weighted by atomic mass is 16.5. The first-order valence-corrected chi connectivity index (χ1v) is 22.9. The molecule has 0 amide bonds. The van der Waals surface area contributed by atoms with Crippen LogP contribution in [0.3, 0.4) is 0 Å². The number of hydrogen-bond donors (Lipinski definition) is 4. The molecule has 65 heavy (non-hydrogen) atoms. The number of rotatable bonds is 10. The summed E-state index contributed by atoms with van der Waals surface area (Å²) in [6, 6.07) is 17.5. The third kappa shape index (κ3) is 7.25. The van der Waals surface area contributed by atoms with Crippen LogP contribution in [-0.2, 0) is 20.7 Å². The van der Waals surface area contributed by atoms with E-state index < -0.39 is 23.4 Å². The van der Waals surface area contributed by atoms with Crippen LogP contribution in [0.25, 0.3) is 44.3 Å². The first-order chi connectivity index (χ1) is 31.5. The third-order valence-electron chi connectivity index (χ3n) is 13.6. The molecule has 2 aromatic carbocycles. The van der Waals surface area contributed by atoms with Crippen LogP contribution in [0.2, 0.25) is 0 Å². The predicted molar refractivity (Wildman–Crippen MR) is 241 cm³/mol. The van der Waals surface area contributed by atoms with Gasteiger partial charge in [0.1, 0.15) is 28.9 Å². The molecule has 2 aliphatic heterocycles. The van der Waals surface area contributed by atoms with Gasteiger partial charge >= 0.3 is 0 Å². The van der Waals surface area contributed by atoms with Gasteiger partial charge in [0, 0.05) is 59.2 Å². The zero-order valence-corrected chi connectivity index (χ0v) is 37.3. The van der Waals surface area contributed by atoms with E-state index in [-0.39, 0.29) is 0 Å². The van der Waals surface area contributed by atoms with Crippen molar-refractivity contribution >= 4 is 22.1 Å². The molecular formula is C50H53N9O6. The highest BCUT2D eigenvalue weighted by Crippen LogP contribution is 2.47. The topological polar surface area (TPSA) is 207 Å². The summed E-state index contributed by atoms with van der Waals surface area (Å²) in [6.07, 6.45) is 8.56. The van der Waals surface area contributed by atoms with Crippen LogP contribution in [0.1, 0.15) is 126 Å². The average molecular weight is 876 g/mol. The van der Waals surface area contributed by atoms with Crippen LogP contribution in [0, 0.1) is 34.6 Å². The highest BCUT2D eigenvalue weighted by molar-refractivity contribution is 5.89. The molecule has 0 radical (unpaired) electrons. The number of ether oxygens (including phenoxy) is 2. The minimum atomic E-state index is -1.49. The maximum Gasteiger partial charge on any atom is 0.161 e. The Bertz CT molecular complexity index is 3010.